The summed E-state index contributed by atoms with van der Waals surface area (Å²) in [5.74, 6) is 0.155. The summed E-state index contributed by atoms with van der Waals surface area (Å²) in [5.41, 5.74) is -1.08. The zero-order valence-corrected chi connectivity index (χ0v) is 11.6. The van der Waals surface area contributed by atoms with Crippen LogP contribution in [0.5, 0.6) is 0 Å². The molecular formula is C15H25NO3. The van der Waals surface area contributed by atoms with Crippen molar-refractivity contribution >= 4 is 5.91 Å². The van der Waals surface area contributed by atoms with E-state index < -0.39 is 5.60 Å². The molecule has 2 N–H and O–H groups in total. The molecule has 2 saturated carbocycles. The first kappa shape index (κ1) is 13.4. The van der Waals surface area contributed by atoms with Crippen LogP contribution in [-0.2, 0) is 4.79 Å². The maximum atomic E-state index is 12.5. The number of rotatable bonds is 2. The molecule has 3 atom stereocenters. The van der Waals surface area contributed by atoms with E-state index in [0.717, 1.165) is 51.5 Å². The summed E-state index contributed by atoms with van der Waals surface area (Å²) >= 11 is 0. The highest BCUT2D eigenvalue weighted by atomic mass is 16.3. The Balaban J connectivity index is 1.72. The fraction of sp³-hybridized carbons (Fsp3) is 0.933. The van der Waals surface area contributed by atoms with Gasteiger partial charge < -0.3 is 15.1 Å². The standard InChI is InChI=1S/C15H25NO3/c17-13-7-2-1-5-11(13)12-6-3-10-16(12)14(18)15(19)8-4-9-15/h11-13,17,19H,1-10H2/t11-,12+,13-/m0/s1. The third-order valence-electron chi connectivity index (χ3n) is 5.41. The molecular weight excluding hydrogens is 242 g/mol. The Morgan fingerprint density at radius 1 is 1.05 bits per heavy atom. The van der Waals surface area contributed by atoms with Gasteiger partial charge in [0.1, 0.15) is 5.60 Å². The highest BCUT2D eigenvalue weighted by molar-refractivity contribution is 5.86. The van der Waals surface area contributed by atoms with Crippen LogP contribution >= 0.6 is 0 Å². The molecule has 1 saturated heterocycles. The number of carbonyl (C=O) groups is 1. The molecule has 2 aliphatic carbocycles. The van der Waals surface area contributed by atoms with Crippen LogP contribution in [0.15, 0.2) is 0 Å². The molecule has 19 heavy (non-hydrogen) atoms. The van der Waals surface area contributed by atoms with Crippen LogP contribution in [0.1, 0.15) is 57.8 Å². The van der Waals surface area contributed by atoms with E-state index in [0.29, 0.717) is 12.8 Å². The average molecular weight is 267 g/mol. The van der Waals surface area contributed by atoms with E-state index in [1.165, 1.54) is 0 Å². The Bertz CT molecular complexity index is 353. The minimum Gasteiger partial charge on any atom is -0.393 e. The third-order valence-corrected chi connectivity index (χ3v) is 5.41. The monoisotopic (exact) mass is 267 g/mol. The van der Waals surface area contributed by atoms with Crippen molar-refractivity contribution < 1.29 is 15.0 Å². The normalized spacial score (nSPS) is 38.0. The number of aliphatic hydroxyl groups excluding tert-OH is 1. The Hall–Kier alpha value is -0.610. The summed E-state index contributed by atoms with van der Waals surface area (Å²) < 4.78 is 0. The zero-order valence-electron chi connectivity index (χ0n) is 11.6. The number of aliphatic hydroxyl groups is 2. The number of likely N-dealkylation sites (tertiary alicyclic amines) is 1. The van der Waals surface area contributed by atoms with Gasteiger partial charge in [0.05, 0.1) is 6.10 Å². The average Bonchev–Trinajstić information content (AvgIpc) is 2.84. The second kappa shape index (κ2) is 5.06. The summed E-state index contributed by atoms with van der Waals surface area (Å²) in [6.07, 6.45) is 8.06. The molecule has 0 radical (unpaired) electrons. The van der Waals surface area contributed by atoms with Crippen molar-refractivity contribution in [3.8, 4) is 0 Å². The lowest BCUT2D eigenvalue weighted by molar-refractivity contribution is -0.163. The first-order valence-corrected chi connectivity index (χ1v) is 7.83. The first-order chi connectivity index (χ1) is 9.12. The molecule has 4 nitrogen and oxygen atoms in total. The van der Waals surface area contributed by atoms with Crippen LogP contribution < -0.4 is 0 Å². The van der Waals surface area contributed by atoms with Gasteiger partial charge in [0.25, 0.3) is 5.91 Å². The lowest BCUT2D eigenvalue weighted by Gasteiger charge is -2.43. The lowest BCUT2D eigenvalue weighted by atomic mass is 9.77. The Morgan fingerprint density at radius 3 is 2.42 bits per heavy atom. The molecule has 0 aromatic rings. The summed E-state index contributed by atoms with van der Waals surface area (Å²) in [4.78, 5) is 14.4. The second-order valence-electron chi connectivity index (χ2n) is 6.61. The third kappa shape index (κ3) is 2.29. The van der Waals surface area contributed by atoms with Crippen molar-refractivity contribution in [3.05, 3.63) is 0 Å². The molecule has 0 aromatic carbocycles. The summed E-state index contributed by atoms with van der Waals surface area (Å²) in [6, 6.07) is 0.160. The molecule has 0 aromatic heterocycles. The van der Waals surface area contributed by atoms with Crippen LogP contribution in [0.4, 0.5) is 0 Å². The molecule has 1 aliphatic heterocycles. The molecule has 3 aliphatic rings. The summed E-state index contributed by atoms with van der Waals surface area (Å²) in [5, 5.41) is 20.5. The van der Waals surface area contributed by atoms with Crippen molar-refractivity contribution in [1.29, 1.82) is 0 Å². The number of amides is 1. The molecule has 0 spiro atoms. The Kier molecular flexibility index (Phi) is 3.56. The van der Waals surface area contributed by atoms with Gasteiger partial charge in [0, 0.05) is 18.5 Å². The van der Waals surface area contributed by atoms with Crippen LogP contribution in [0.25, 0.3) is 0 Å². The maximum absolute atomic E-state index is 12.5. The van der Waals surface area contributed by atoms with E-state index >= 15 is 0 Å². The van der Waals surface area contributed by atoms with Gasteiger partial charge in [-0.3, -0.25) is 4.79 Å². The highest BCUT2D eigenvalue weighted by Crippen LogP contribution is 2.39. The number of hydrogen-bond donors (Lipinski definition) is 2. The maximum Gasteiger partial charge on any atom is 0.254 e. The quantitative estimate of drug-likeness (QED) is 0.796. The van der Waals surface area contributed by atoms with E-state index in [-0.39, 0.29) is 24.0 Å². The van der Waals surface area contributed by atoms with Gasteiger partial charge in [0.15, 0.2) is 0 Å². The van der Waals surface area contributed by atoms with Crippen LogP contribution in [-0.4, -0.2) is 45.3 Å². The van der Waals surface area contributed by atoms with Gasteiger partial charge in [0.2, 0.25) is 0 Å². The summed E-state index contributed by atoms with van der Waals surface area (Å²) in [6.45, 7) is 0.759. The van der Waals surface area contributed by atoms with Crippen LogP contribution in [0.3, 0.4) is 0 Å². The first-order valence-electron chi connectivity index (χ1n) is 7.83. The van der Waals surface area contributed by atoms with Crippen molar-refractivity contribution in [2.45, 2.75) is 75.5 Å². The SMILES string of the molecule is O=C(N1CCC[C@@H]1[C@@H]1CCCC[C@@H]1O)C1(O)CCC1. The van der Waals surface area contributed by atoms with E-state index in [1.54, 1.807) is 0 Å². The fourth-order valence-electron chi connectivity index (χ4n) is 4.07. The minimum atomic E-state index is -1.08. The van der Waals surface area contributed by atoms with Crippen LogP contribution in [0.2, 0.25) is 0 Å². The number of hydrogen-bond acceptors (Lipinski definition) is 3. The second-order valence-corrected chi connectivity index (χ2v) is 6.61. The Labute approximate surface area is 114 Å². The van der Waals surface area contributed by atoms with Crippen LogP contribution in [0, 0.1) is 5.92 Å². The predicted octanol–water partition coefficient (Wildman–Crippen LogP) is 1.44. The Morgan fingerprint density at radius 2 is 1.79 bits per heavy atom. The van der Waals surface area contributed by atoms with Gasteiger partial charge in [-0.2, -0.15) is 0 Å². The van der Waals surface area contributed by atoms with Crippen molar-refractivity contribution in [2.75, 3.05) is 6.54 Å². The molecule has 1 amide bonds. The summed E-state index contributed by atoms with van der Waals surface area (Å²) in [7, 11) is 0. The van der Waals surface area contributed by atoms with Gasteiger partial charge >= 0.3 is 0 Å². The molecule has 4 heteroatoms. The topological polar surface area (TPSA) is 60.8 Å². The smallest absolute Gasteiger partial charge is 0.254 e. The number of carbonyl (C=O) groups excluding carboxylic acids is 1. The lowest BCUT2D eigenvalue weighted by Crippen LogP contribution is -2.56. The highest BCUT2D eigenvalue weighted by Gasteiger charge is 2.48. The molecule has 108 valence electrons. The van der Waals surface area contributed by atoms with Crippen molar-refractivity contribution in [2.24, 2.45) is 5.92 Å². The molecule has 3 fully saturated rings. The van der Waals surface area contributed by atoms with Gasteiger partial charge in [-0.05, 0) is 44.9 Å². The van der Waals surface area contributed by atoms with Crippen molar-refractivity contribution in [1.82, 2.24) is 4.90 Å². The van der Waals surface area contributed by atoms with E-state index in [2.05, 4.69) is 0 Å². The molecule has 0 bridgehead atoms. The van der Waals surface area contributed by atoms with Gasteiger partial charge in [-0.15, -0.1) is 0 Å². The largest absolute Gasteiger partial charge is 0.393 e. The van der Waals surface area contributed by atoms with E-state index in [4.69, 9.17) is 0 Å². The predicted molar refractivity (Wildman–Crippen MR) is 71.5 cm³/mol. The van der Waals surface area contributed by atoms with Gasteiger partial charge in [-0.25, -0.2) is 0 Å². The van der Waals surface area contributed by atoms with Gasteiger partial charge in [-0.1, -0.05) is 12.8 Å². The van der Waals surface area contributed by atoms with E-state index in [9.17, 15) is 15.0 Å². The minimum absolute atomic E-state index is 0.0703. The molecule has 3 rings (SSSR count). The fourth-order valence-corrected chi connectivity index (χ4v) is 4.07. The molecule has 1 heterocycles. The van der Waals surface area contributed by atoms with E-state index in [1.807, 2.05) is 4.90 Å². The van der Waals surface area contributed by atoms with Crippen molar-refractivity contribution in [3.63, 3.8) is 0 Å². The number of nitrogens with zero attached hydrogens (tertiary/aromatic N) is 1. The zero-order chi connectivity index (χ0) is 13.5. The molecule has 0 unspecified atom stereocenters.